The third kappa shape index (κ3) is 2.38. The molecule has 1 aliphatic rings. The minimum absolute atomic E-state index is 0.0267. The molecular weight excluding hydrogens is 361 g/mol. The third-order valence-electron chi connectivity index (χ3n) is 4.19. The zero-order chi connectivity index (χ0) is 16.0. The van der Waals surface area contributed by atoms with Gasteiger partial charge in [-0.15, -0.1) is 0 Å². The van der Waals surface area contributed by atoms with Crippen molar-refractivity contribution < 1.29 is 9.18 Å². The van der Waals surface area contributed by atoms with Gasteiger partial charge in [-0.25, -0.2) is 4.39 Å². The van der Waals surface area contributed by atoms with Gasteiger partial charge in [0, 0.05) is 46.8 Å². The Bertz CT molecular complexity index is 917. The molecule has 2 aromatic heterocycles. The monoisotopic (exact) mass is 373 g/mol. The molecule has 1 saturated heterocycles. The fraction of sp³-hybridized carbons (Fsp3) is 0.176. The van der Waals surface area contributed by atoms with Gasteiger partial charge < -0.3 is 9.88 Å². The van der Waals surface area contributed by atoms with Gasteiger partial charge >= 0.3 is 0 Å². The average molecular weight is 374 g/mol. The minimum atomic E-state index is -0.313. The van der Waals surface area contributed by atoms with Crippen molar-refractivity contribution in [2.45, 2.75) is 0 Å². The fourth-order valence-electron chi connectivity index (χ4n) is 2.84. The number of carbonyl (C=O) groups excluding carboxylic acids is 1. The molecule has 4 rings (SSSR count). The lowest BCUT2D eigenvalue weighted by atomic mass is 9.93. The number of ketones is 1. The van der Waals surface area contributed by atoms with Crippen molar-refractivity contribution in [3.8, 4) is 5.69 Å². The summed E-state index contributed by atoms with van der Waals surface area (Å²) in [6.45, 7) is 1.44. The number of carbonyl (C=O) groups is 1. The Kier molecular flexibility index (Phi) is 3.50. The van der Waals surface area contributed by atoms with Gasteiger partial charge in [0.05, 0.1) is 17.4 Å². The van der Waals surface area contributed by atoms with Gasteiger partial charge in [-0.3, -0.25) is 9.78 Å². The maximum Gasteiger partial charge on any atom is 0.170 e. The van der Waals surface area contributed by atoms with Crippen molar-refractivity contribution in [3.05, 3.63) is 58.7 Å². The molecule has 0 bridgehead atoms. The molecule has 0 aliphatic carbocycles. The molecule has 23 heavy (non-hydrogen) atoms. The van der Waals surface area contributed by atoms with Gasteiger partial charge in [0.1, 0.15) is 5.82 Å². The number of aromatic nitrogens is 2. The number of fused-ring (bicyclic) bond motifs is 1. The maximum absolute atomic E-state index is 13.4. The highest BCUT2D eigenvalue weighted by Crippen LogP contribution is 2.30. The fourth-order valence-corrected chi connectivity index (χ4v) is 3.38. The highest BCUT2D eigenvalue weighted by atomic mass is 79.9. The van der Waals surface area contributed by atoms with E-state index in [9.17, 15) is 9.18 Å². The molecule has 1 aromatic carbocycles. The standard InChI is InChI=1S/C17H13BrFN3O/c18-14-5-11(19)1-2-15(14)22-9-13(17(23)10-6-21-7-10)12-3-4-20-8-16(12)22/h1-5,8-10,21H,6-7H2. The van der Waals surface area contributed by atoms with Gasteiger partial charge in [0.25, 0.3) is 0 Å². The predicted molar refractivity (Wildman–Crippen MR) is 89.4 cm³/mol. The Balaban J connectivity index is 1.92. The number of rotatable bonds is 3. The van der Waals surface area contributed by atoms with Crippen LogP contribution in [-0.4, -0.2) is 28.4 Å². The van der Waals surface area contributed by atoms with E-state index in [1.54, 1.807) is 18.5 Å². The number of Topliss-reactive ketones (excluding diaryl/α,β-unsaturated/α-hetero) is 1. The van der Waals surface area contributed by atoms with Crippen molar-refractivity contribution in [2.75, 3.05) is 13.1 Å². The van der Waals surface area contributed by atoms with Crippen molar-refractivity contribution in [1.82, 2.24) is 14.9 Å². The molecule has 0 saturated carbocycles. The lowest BCUT2D eigenvalue weighted by Crippen LogP contribution is -2.46. The second-order valence-corrected chi connectivity index (χ2v) is 6.48. The van der Waals surface area contributed by atoms with Crippen molar-refractivity contribution in [2.24, 2.45) is 5.92 Å². The molecule has 3 aromatic rings. The van der Waals surface area contributed by atoms with E-state index in [-0.39, 0.29) is 17.5 Å². The maximum atomic E-state index is 13.4. The molecule has 1 N–H and O–H groups in total. The van der Waals surface area contributed by atoms with Crippen molar-refractivity contribution in [1.29, 1.82) is 0 Å². The first-order valence-electron chi connectivity index (χ1n) is 7.30. The van der Waals surface area contributed by atoms with E-state index >= 15 is 0 Å². The lowest BCUT2D eigenvalue weighted by molar-refractivity contribution is 0.0880. The van der Waals surface area contributed by atoms with Crippen LogP contribution in [0.2, 0.25) is 0 Å². The smallest absolute Gasteiger partial charge is 0.170 e. The van der Waals surface area contributed by atoms with Crippen molar-refractivity contribution in [3.63, 3.8) is 0 Å². The van der Waals surface area contributed by atoms with E-state index in [1.807, 2.05) is 16.8 Å². The molecule has 0 radical (unpaired) electrons. The lowest BCUT2D eigenvalue weighted by Gasteiger charge is -2.25. The van der Waals surface area contributed by atoms with Crippen LogP contribution in [-0.2, 0) is 0 Å². The summed E-state index contributed by atoms with van der Waals surface area (Å²) in [4.78, 5) is 16.8. The van der Waals surface area contributed by atoms with Crippen LogP contribution in [0.15, 0.2) is 47.3 Å². The zero-order valence-electron chi connectivity index (χ0n) is 12.1. The van der Waals surface area contributed by atoms with E-state index in [0.29, 0.717) is 10.0 Å². The topological polar surface area (TPSA) is 46.9 Å². The first-order valence-corrected chi connectivity index (χ1v) is 8.10. The SMILES string of the molecule is O=C(c1cn(-c2ccc(F)cc2Br)c2cnccc12)C1CNC1. The van der Waals surface area contributed by atoms with Gasteiger partial charge in [0.15, 0.2) is 5.78 Å². The molecule has 6 heteroatoms. The summed E-state index contributed by atoms with van der Waals surface area (Å²) in [5.41, 5.74) is 2.29. The number of halogens is 2. The van der Waals surface area contributed by atoms with Crippen LogP contribution in [0.5, 0.6) is 0 Å². The largest absolute Gasteiger partial charge is 0.315 e. The highest BCUT2D eigenvalue weighted by Gasteiger charge is 2.28. The summed E-state index contributed by atoms with van der Waals surface area (Å²) in [6, 6.07) is 6.35. The Morgan fingerprint density at radius 1 is 1.35 bits per heavy atom. The van der Waals surface area contributed by atoms with Gasteiger partial charge in [-0.2, -0.15) is 0 Å². The van der Waals surface area contributed by atoms with Crippen LogP contribution >= 0.6 is 15.9 Å². The highest BCUT2D eigenvalue weighted by molar-refractivity contribution is 9.10. The minimum Gasteiger partial charge on any atom is -0.315 e. The Hall–Kier alpha value is -2.05. The molecule has 3 heterocycles. The second-order valence-electron chi connectivity index (χ2n) is 5.62. The second kappa shape index (κ2) is 5.54. The van der Waals surface area contributed by atoms with E-state index in [2.05, 4.69) is 26.2 Å². The first-order chi connectivity index (χ1) is 11.1. The number of nitrogens with one attached hydrogen (secondary N) is 1. The number of nitrogens with zero attached hydrogens (tertiary/aromatic N) is 2. The van der Waals surface area contributed by atoms with Crippen LogP contribution in [0.25, 0.3) is 16.6 Å². The molecule has 1 fully saturated rings. The molecule has 0 unspecified atom stereocenters. The first kappa shape index (κ1) is 14.5. The number of hydrogen-bond acceptors (Lipinski definition) is 3. The molecule has 0 spiro atoms. The van der Waals surface area contributed by atoms with Crippen LogP contribution in [0.4, 0.5) is 4.39 Å². The van der Waals surface area contributed by atoms with E-state index in [0.717, 1.165) is 29.7 Å². The molecular formula is C17H13BrFN3O. The van der Waals surface area contributed by atoms with Crippen LogP contribution < -0.4 is 5.32 Å². The summed E-state index contributed by atoms with van der Waals surface area (Å²) < 4.78 is 15.9. The van der Waals surface area contributed by atoms with Gasteiger partial charge in [0.2, 0.25) is 0 Å². The number of pyridine rings is 1. The normalized spacial score (nSPS) is 14.9. The quantitative estimate of drug-likeness (QED) is 0.716. The Morgan fingerprint density at radius 3 is 2.87 bits per heavy atom. The third-order valence-corrected chi connectivity index (χ3v) is 4.83. The summed E-state index contributed by atoms with van der Waals surface area (Å²) >= 11 is 3.39. The number of benzene rings is 1. The van der Waals surface area contributed by atoms with E-state index < -0.39 is 0 Å². The van der Waals surface area contributed by atoms with Crippen LogP contribution in [0.3, 0.4) is 0 Å². The molecule has 4 nitrogen and oxygen atoms in total. The predicted octanol–water partition coefficient (Wildman–Crippen LogP) is 3.33. The average Bonchev–Trinajstić information content (AvgIpc) is 2.85. The van der Waals surface area contributed by atoms with E-state index in [1.165, 1.54) is 12.1 Å². The van der Waals surface area contributed by atoms with Crippen molar-refractivity contribution >= 4 is 32.6 Å². The summed E-state index contributed by atoms with van der Waals surface area (Å²) in [6.07, 6.45) is 5.23. The Labute approximate surface area is 140 Å². The molecule has 116 valence electrons. The van der Waals surface area contributed by atoms with Crippen LogP contribution in [0, 0.1) is 11.7 Å². The Morgan fingerprint density at radius 2 is 2.17 bits per heavy atom. The summed E-state index contributed by atoms with van der Waals surface area (Å²) in [5.74, 6) is -0.150. The van der Waals surface area contributed by atoms with Crippen LogP contribution in [0.1, 0.15) is 10.4 Å². The van der Waals surface area contributed by atoms with E-state index in [4.69, 9.17) is 0 Å². The molecule has 1 aliphatic heterocycles. The number of hydrogen-bond donors (Lipinski definition) is 1. The summed E-state index contributed by atoms with van der Waals surface area (Å²) in [5, 5.41) is 3.99. The van der Waals surface area contributed by atoms with Gasteiger partial charge in [-0.05, 0) is 40.2 Å². The van der Waals surface area contributed by atoms with Gasteiger partial charge in [-0.1, -0.05) is 0 Å². The molecule has 0 amide bonds. The summed E-state index contributed by atoms with van der Waals surface area (Å²) in [7, 11) is 0. The zero-order valence-corrected chi connectivity index (χ0v) is 13.7. The molecule has 0 atom stereocenters.